The van der Waals surface area contributed by atoms with Crippen molar-refractivity contribution in [3.8, 4) is 0 Å². The largest absolute Gasteiger partial charge is 0.390 e. The van der Waals surface area contributed by atoms with E-state index in [1.165, 1.54) is 19.3 Å². The Labute approximate surface area is 80.5 Å². The molecule has 0 aromatic carbocycles. The fraction of sp³-hybridized carbons (Fsp3) is 1.00. The zero-order valence-corrected chi connectivity index (χ0v) is 8.50. The van der Waals surface area contributed by atoms with Crippen LogP contribution in [-0.4, -0.2) is 10.7 Å². The van der Waals surface area contributed by atoms with Gasteiger partial charge in [0.15, 0.2) is 0 Å². The lowest BCUT2D eigenvalue weighted by atomic mass is 9.50. The fourth-order valence-corrected chi connectivity index (χ4v) is 4.75. The number of hydrogen-bond acceptors (Lipinski definition) is 1. The minimum atomic E-state index is -0.220. The van der Waals surface area contributed by atoms with E-state index in [4.69, 9.17) is 0 Å². The summed E-state index contributed by atoms with van der Waals surface area (Å²) in [5, 5.41) is 10.3. The van der Waals surface area contributed by atoms with Crippen LogP contribution in [-0.2, 0) is 0 Å². The van der Waals surface area contributed by atoms with Crippen molar-refractivity contribution in [1.82, 2.24) is 0 Å². The lowest BCUT2D eigenvalue weighted by molar-refractivity contribution is -0.152. The predicted molar refractivity (Wildman–Crippen MR) is 52.3 cm³/mol. The molecule has 4 saturated carbocycles. The zero-order chi connectivity index (χ0) is 9.05. The van der Waals surface area contributed by atoms with Gasteiger partial charge in [0.05, 0.1) is 5.60 Å². The Bertz CT molecular complexity index is 207. The molecule has 2 atom stereocenters. The van der Waals surface area contributed by atoms with Crippen LogP contribution in [0.4, 0.5) is 0 Å². The number of aliphatic hydroxyl groups is 1. The van der Waals surface area contributed by atoms with Gasteiger partial charge in [0.25, 0.3) is 0 Å². The van der Waals surface area contributed by atoms with Crippen molar-refractivity contribution in [1.29, 1.82) is 0 Å². The molecular weight excluding hydrogens is 160 g/mol. The SMILES string of the molecule is CCC1C2CC3CC1CC(O)(C3)C2. The first-order chi connectivity index (χ1) is 6.20. The topological polar surface area (TPSA) is 20.2 Å². The van der Waals surface area contributed by atoms with Crippen molar-refractivity contribution in [3.63, 3.8) is 0 Å². The summed E-state index contributed by atoms with van der Waals surface area (Å²) in [5.74, 6) is 3.59. The minimum absolute atomic E-state index is 0.220. The van der Waals surface area contributed by atoms with Gasteiger partial charge in [-0.1, -0.05) is 13.3 Å². The van der Waals surface area contributed by atoms with Crippen molar-refractivity contribution >= 4 is 0 Å². The molecule has 1 heteroatoms. The summed E-state index contributed by atoms with van der Waals surface area (Å²) in [5.41, 5.74) is -0.220. The average Bonchev–Trinajstić information content (AvgIpc) is 2.00. The maximum atomic E-state index is 10.3. The second-order valence-electron chi connectivity index (χ2n) is 5.77. The second-order valence-corrected chi connectivity index (χ2v) is 5.77. The summed E-state index contributed by atoms with van der Waals surface area (Å²) in [6.07, 6.45) is 7.57. The van der Waals surface area contributed by atoms with Crippen LogP contribution in [0.15, 0.2) is 0 Å². The van der Waals surface area contributed by atoms with Gasteiger partial charge in [-0.05, 0) is 55.8 Å². The first-order valence-corrected chi connectivity index (χ1v) is 5.92. The van der Waals surface area contributed by atoms with Gasteiger partial charge >= 0.3 is 0 Å². The molecule has 13 heavy (non-hydrogen) atoms. The van der Waals surface area contributed by atoms with E-state index in [-0.39, 0.29) is 5.60 Å². The molecule has 74 valence electrons. The van der Waals surface area contributed by atoms with Crippen LogP contribution in [0, 0.1) is 23.7 Å². The van der Waals surface area contributed by atoms with Crippen molar-refractivity contribution in [2.75, 3.05) is 0 Å². The second kappa shape index (κ2) is 2.50. The molecule has 4 aliphatic rings. The Morgan fingerprint density at radius 2 is 1.77 bits per heavy atom. The molecule has 0 aromatic rings. The van der Waals surface area contributed by atoms with E-state index >= 15 is 0 Å². The van der Waals surface area contributed by atoms with Gasteiger partial charge in [0.1, 0.15) is 0 Å². The lowest BCUT2D eigenvalue weighted by Crippen LogP contribution is -2.54. The Balaban J connectivity index is 1.90. The molecule has 4 fully saturated rings. The lowest BCUT2D eigenvalue weighted by Gasteiger charge is -2.58. The van der Waals surface area contributed by atoms with Gasteiger partial charge in [-0.25, -0.2) is 0 Å². The van der Waals surface area contributed by atoms with Crippen molar-refractivity contribution in [2.24, 2.45) is 23.7 Å². The van der Waals surface area contributed by atoms with Crippen LogP contribution < -0.4 is 0 Å². The molecule has 4 rings (SSSR count). The van der Waals surface area contributed by atoms with Gasteiger partial charge in [-0.15, -0.1) is 0 Å². The van der Waals surface area contributed by atoms with Gasteiger partial charge < -0.3 is 5.11 Å². The van der Waals surface area contributed by atoms with Crippen molar-refractivity contribution < 1.29 is 5.11 Å². The van der Waals surface area contributed by atoms with Gasteiger partial charge in [0.2, 0.25) is 0 Å². The highest BCUT2D eigenvalue weighted by Crippen LogP contribution is 2.58. The quantitative estimate of drug-likeness (QED) is 0.657. The molecule has 0 spiro atoms. The molecule has 0 amide bonds. The third-order valence-corrected chi connectivity index (χ3v) is 4.91. The van der Waals surface area contributed by atoms with Crippen molar-refractivity contribution in [2.45, 2.75) is 51.0 Å². The van der Waals surface area contributed by atoms with Crippen LogP contribution in [0.25, 0.3) is 0 Å². The molecule has 0 radical (unpaired) electrons. The first kappa shape index (κ1) is 8.28. The van der Waals surface area contributed by atoms with E-state index in [0.717, 1.165) is 42.9 Å². The van der Waals surface area contributed by atoms with Crippen LogP contribution >= 0.6 is 0 Å². The minimum Gasteiger partial charge on any atom is -0.390 e. The monoisotopic (exact) mass is 180 g/mol. The molecule has 0 aliphatic heterocycles. The van der Waals surface area contributed by atoms with E-state index in [0.29, 0.717) is 0 Å². The Morgan fingerprint density at radius 3 is 2.23 bits per heavy atom. The number of rotatable bonds is 1. The fourth-order valence-electron chi connectivity index (χ4n) is 4.75. The van der Waals surface area contributed by atoms with Crippen LogP contribution in [0.2, 0.25) is 0 Å². The molecule has 0 heterocycles. The Morgan fingerprint density at radius 1 is 1.15 bits per heavy atom. The summed E-state index contributed by atoms with van der Waals surface area (Å²) in [7, 11) is 0. The third kappa shape index (κ3) is 1.09. The summed E-state index contributed by atoms with van der Waals surface area (Å²) < 4.78 is 0. The zero-order valence-electron chi connectivity index (χ0n) is 8.50. The third-order valence-electron chi connectivity index (χ3n) is 4.91. The number of hydrogen-bond donors (Lipinski definition) is 1. The van der Waals surface area contributed by atoms with Crippen LogP contribution in [0.1, 0.15) is 45.4 Å². The van der Waals surface area contributed by atoms with E-state index in [2.05, 4.69) is 6.92 Å². The molecular formula is C12H20O. The van der Waals surface area contributed by atoms with Crippen LogP contribution in [0.3, 0.4) is 0 Å². The maximum Gasteiger partial charge on any atom is 0.0656 e. The maximum absolute atomic E-state index is 10.3. The van der Waals surface area contributed by atoms with Crippen molar-refractivity contribution in [3.05, 3.63) is 0 Å². The smallest absolute Gasteiger partial charge is 0.0656 e. The summed E-state index contributed by atoms with van der Waals surface area (Å²) >= 11 is 0. The summed E-state index contributed by atoms with van der Waals surface area (Å²) in [4.78, 5) is 0. The first-order valence-electron chi connectivity index (χ1n) is 5.92. The van der Waals surface area contributed by atoms with E-state index < -0.39 is 0 Å². The molecule has 2 unspecified atom stereocenters. The summed E-state index contributed by atoms with van der Waals surface area (Å²) in [6.45, 7) is 2.33. The van der Waals surface area contributed by atoms with E-state index in [1.54, 1.807) is 0 Å². The Kier molecular flexibility index (Phi) is 1.59. The summed E-state index contributed by atoms with van der Waals surface area (Å²) in [6, 6.07) is 0. The van der Waals surface area contributed by atoms with Crippen LogP contribution in [0.5, 0.6) is 0 Å². The van der Waals surface area contributed by atoms with E-state index in [1.807, 2.05) is 0 Å². The molecule has 1 nitrogen and oxygen atoms in total. The molecule has 1 N–H and O–H groups in total. The highest BCUT2D eigenvalue weighted by atomic mass is 16.3. The highest BCUT2D eigenvalue weighted by molar-refractivity contribution is 5.04. The standard InChI is InChI=1S/C12H20O/c1-2-11-9-3-8-4-10(11)7-12(13,5-8)6-9/h8-11,13H,2-7H2,1H3. The highest BCUT2D eigenvalue weighted by Gasteiger charge is 2.53. The molecule has 4 bridgehead atoms. The van der Waals surface area contributed by atoms with Gasteiger partial charge in [-0.2, -0.15) is 0 Å². The molecule has 0 aromatic heterocycles. The van der Waals surface area contributed by atoms with E-state index in [9.17, 15) is 5.11 Å². The normalized spacial score (nSPS) is 58.6. The molecule has 4 aliphatic carbocycles. The Hall–Kier alpha value is -0.0400. The molecule has 0 saturated heterocycles. The van der Waals surface area contributed by atoms with Gasteiger partial charge in [0, 0.05) is 0 Å². The van der Waals surface area contributed by atoms with Gasteiger partial charge in [-0.3, -0.25) is 0 Å². The predicted octanol–water partition coefficient (Wildman–Crippen LogP) is 2.58. The average molecular weight is 180 g/mol.